The highest BCUT2D eigenvalue weighted by atomic mass is 31.2. The van der Waals surface area contributed by atoms with Gasteiger partial charge in [0.05, 0.1) is 6.61 Å². The van der Waals surface area contributed by atoms with Crippen molar-refractivity contribution in [3.63, 3.8) is 0 Å². The van der Waals surface area contributed by atoms with Crippen molar-refractivity contribution in [1.82, 2.24) is 0 Å². The normalized spacial score (nSPS) is 11.4. The van der Waals surface area contributed by atoms with E-state index in [-0.39, 0.29) is 6.61 Å². The van der Waals surface area contributed by atoms with E-state index in [4.69, 9.17) is 15.5 Å². The third-order valence-electron chi connectivity index (χ3n) is 5.82. The first-order chi connectivity index (χ1) is 15.5. The van der Waals surface area contributed by atoms with Gasteiger partial charge in [0, 0.05) is 0 Å². The number of unbranched alkanes of at least 4 members (excludes halogenated alkanes) is 20. The van der Waals surface area contributed by atoms with Crippen LogP contribution < -0.4 is 5.73 Å². The van der Waals surface area contributed by atoms with Crippen molar-refractivity contribution in [1.29, 1.82) is 0 Å². The molecule has 0 spiro atoms. The molecule has 0 rings (SSSR count). The molecule has 0 atom stereocenters. The highest BCUT2D eigenvalue weighted by Crippen LogP contribution is 2.35. The smallest absolute Gasteiger partial charge is 0.330 e. The third-order valence-corrected chi connectivity index (χ3v) is 6.33. The van der Waals surface area contributed by atoms with Crippen molar-refractivity contribution in [3.8, 4) is 0 Å². The van der Waals surface area contributed by atoms with Gasteiger partial charge in [-0.15, -0.1) is 0 Å². The van der Waals surface area contributed by atoms with Crippen LogP contribution in [-0.4, -0.2) is 22.9 Å². The van der Waals surface area contributed by atoms with Gasteiger partial charge in [0.1, 0.15) is 0 Å². The van der Waals surface area contributed by atoms with Gasteiger partial charge >= 0.3 is 7.82 Å². The minimum Gasteiger partial charge on any atom is -0.330 e. The molecule has 4 N–H and O–H groups in total. The van der Waals surface area contributed by atoms with Crippen LogP contribution in [0.25, 0.3) is 0 Å². The Morgan fingerprint density at radius 1 is 0.531 bits per heavy atom. The Balaban J connectivity index is 0. The Hall–Kier alpha value is 0.0700. The van der Waals surface area contributed by atoms with Crippen LogP contribution in [0.15, 0.2) is 0 Å². The van der Waals surface area contributed by atoms with Crippen LogP contribution in [0.4, 0.5) is 0 Å². The van der Waals surface area contributed by atoms with Crippen LogP contribution in [0.3, 0.4) is 0 Å². The minimum absolute atomic E-state index is 0.163. The molecule has 0 aliphatic carbocycles. The third kappa shape index (κ3) is 37.4. The summed E-state index contributed by atoms with van der Waals surface area (Å²) in [5, 5.41) is 0. The first-order valence-electron chi connectivity index (χ1n) is 13.9. The molecule has 5 nitrogen and oxygen atoms in total. The van der Waals surface area contributed by atoms with Gasteiger partial charge in [-0.2, -0.15) is 0 Å². The number of hydrogen-bond acceptors (Lipinski definition) is 3. The lowest BCUT2D eigenvalue weighted by molar-refractivity contribution is 0.193. The number of rotatable bonds is 24. The van der Waals surface area contributed by atoms with Crippen LogP contribution in [0.5, 0.6) is 0 Å². The molecule has 0 radical (unpaired) electrons. The molecule has 0 unspecified atom stereocenters. The van der Waals surface area contributed by atoms with E-state index < -0.39 is 7.82 Å². The van der Waals surface area contributed by atoms with Gasteiger partial charge in [-0.1, -0.05) is 142 Å². The first kappa shape index (κ1) is 34.2. The molecule has 0 saturated heterocycles. The van der Waals surface area contributed by atoms with Gasteiger partial charge in [0.25, 0.3) is 0 Å². The first-order valence-corrected chi connectivity index (χ1v) is 15.4. The lowest BCUT2D eigenvalue weighted by Gasteiger charge is -2.04. The van der Waals surface area contributed by atoms with Gasteiger partial charge in [0.2, 0.25) is 0 Å². The van der Waals surface area contributed by atoms with Crippen molar-refractivity contribution >= 4 is 7.82 Å². The maximum atomic E-state index is 10.2. The van der Waals surface area contributed by atoms with E-state index in [9.17, 15) is 4.57 Å². The average molecular weight is 480 g/mol. The molecule has 0 aromatic rings. The second kappa shape index (κ2) is 29.1. The van der Waals surface area contributed by atoms with Crippen molar-refractivity contribution < 1.29 is 18.9 Å². The van der Waals surface area contributed by atoms with E-state index in [0.717, 1.165) is 25.8 Å². The maximum Gasteiger partial charge on any atom is 0.469 e. The monoisotopic (exact) mass is 479 g/mol. The quantitative estimate of drug-likeness (QED) is 0.0951. The van der Waals surface area contributed by atoms with Crippen molar-refractivity contribution in [2.75, 3.05) is 13.2 Å². The molecule has 0 heterocycles. The molecule has 0 fully saturated rings. The van der Waals surface area contributed by atoms with Crippen molar-refractivity contribution in [2.45, 2.75) is 155 Å². The summed E-state index contributed by atoms with van der Waals surface area (Å²) in [6.07, 6.45) is 29.3. The summed E-state index contributed by atoms with van der Waals surface area (Å²) in [4.78, 5) is 16.7. The molecule has 196 valence electrons. The Labute approximate surface area is 200 Å². The predicted molar refractivity (Wildman–Crippen MR) is 140 cm³/mol. The van der Waals surface area contributed by atoms with Gasteiger partial charge < -0.3 is 15.5 Å². The van der Waals surface area contributed by atoms with Crippen LogP contribution in [-0.2, 0) is 9.09 Å². The summed E-state index contributed by atoms with van der Waals surface area (Å²) in [5.41, 5.74) is 5.48. The second-order valence-corrected chi connectivity index (χ2v) is 10.4. The Kier molecular flexibility index (Phi) is 31.1. The molecule has 0 amide bonds. The molecule has 0 aromatic carbocycles. The zero-order valence-electron chi connectivity index (χ0n) is 21.7. The van der Waals surface area contributed by atoms with E-state index in [1.54, 1.807) is 0 Å². The molecule has 6 heteroatoms. The molecule has 0 aliphatic rings. The van der Waals surface area contributed by atoms with Gasteiger partial charge in [0.15, 0.2) is 0 Å². The Bertz CT molecular complexity index is 361. The molecule has 32 heavy (non-hydrogen) atoms. The summed E-state index contributed by atoms with van der Waals surface area (Å²) < 4.78 is 14.5. The van der Waals surface area contributed by atoms with E-state index in [0.29, 0.717) is 0 Å². The standard InChI is InChI=1S/C18H39N.C8H19O4P/c1-2-3-4-5-6-7-8-9-10-11-12-13-14-15-16-17-18-19;1-2-3-4-5-6-7-8-12-13(9,10)11/h2-19H2,1H3;2-8H2,1H3,(H2,9,10,11). The van der Waals surface area contributed by atoms with Crippen molar-refractivity contribution in [3.05, 3.63) is 0 Å². The molecule has 0 aromatic heterocycles. The van der Waals surface area contributed by atoms with Gasteiger partial charge in [-0.25, -0.2) is 4.57 Å². The van der Waals surface area contributed by atoms with Crippen LogP contribution in [0.2, 0.25) is 0 Å². The van der Waals surface area contributed by atoms with E-state index in [1.807, 2.05) is 0 Å². The Morgan fingerprint density at radius 2 is 0.812 bits per heavy atom. The van der Waals surface area contributed by atoms with Crippen LogP contribution in [0.1, 0.15) is 155 Å². The maximum absolute atomic E-state index is 10.2. The number of phosphoric acid groups is 1. The van der Waals surface area contributed by atoms with E-state index in [1.165, 1.54) is 122 Å². The number of phosphoric ester groups is 1. The summed E-state index contributed by atoms with van der Waals surface area (Å²) in [5.74, 6) is 0. The summed E-state index contributed by atoms with van der Waals surface area (Å²) >= 11 is 0. The number of nitrogens with two attached hydrogens (primary N) is 1. The summed E-state index contributed by atoms with van der Waals surface area (Å²) in [7, 11) is -4.23. The highest BCUT2D eigenvalue weighted by Gasteiger charge is 2.12. The molecule has 0 aliphatic heterocycles. The highest BCUT2D eigenvalue weighted by molar-refractivity contribution is 7.46. The van der Waals surface area contributed by atoms with Crippen molar-refractivity contribution in [2.24, 2.45) is 5.73 Å². The van der Waals surface area contributed by atoms with E-state index in [2.05, 4.69) is 18.4 Å². The van der Waals surface area contributed by atoms with Crippen LogP contribution in [0, 0.1) is 0 Å². The number of hydrogen-bond donors (Lipinski definition) is 3. The molecular weight excluding hydrogens is 421 g/mol. The fourth-order valence-electron chi connectivity index (χ4n) is 3.76. The van der Waals surface area contributed by atoms with Gasteiger partial charge in [-0.3, -0.25) is 4.52 Å². The second-order valence-electron chi connectivity index (χ2n) is 9.18. The SMILES string of the molecule is CCCCCCCCCCCCCCCCCCN.CCCCCCCCOP(=O)(O)O. The lowest BCUT2D eigenvalue weighted by Crippen LogP contribution is -1.97. The van der Waals surface area contributed by atoms with E-state index >= 15 is 0 Å². The summed E-state index contributed by atoms with van der Waals surface area (Å²) in [6.45, 7) is 5.48. The topological polar surface area (TPSA) is 92.8 Å². The fraction of sp³-hybridized carbons (Fsp3) is 1.00. The predicted octanol–water partition coefficient (Wildman–Crippen LogP) is 8.66. The zero-order valence-corrected chi connectivity index (χ0v) is 22.6. The summed E-state index contributed by atoms with van der Waals surface area (Å²) in [6, 6.07) is 0. The average Bonchev–Trinajstić information content (AvgIpc) is 2.75. The fourth-order valence-corrected chi connectivity index (χ4v) is 4.13. The lowest BCUT2D eigenvalue weighted by atomic mass is 10.0. The molecule has 0 bridgehead atoms. The molecular formula is C26H58NO4P. The van der Waals surface area contributed by atoms with Crippen LogP contribution >= 0.6 is 7.82 Å². The zero-order chi connectivity index (χ0) is 24.2. The van der Waals surface area contributed by atoms with Gasteiger partial charge in [-0.05, 0) is 19.4 Å². The largest absolute Gasteiger partial charge is 0.469 e. The molecule has 0 saturated carbocycles. The minimum atomic E-state index is -4.23. The Morgan fingerprint density at radius 3 is 1.09 bits per heavy atom.